The van der Waals surface area contributed by atoms with E-state index >= 15 is 0 Å². The van der Waals surface area contributed by atoms with Crippen LogP contribution in [-0.2, 0) is 15.9 Å². The summed E-state index contributed by atoms with van der Waals surface area (Å²) in [5.41, 5.74) is 4.45. The highest BCUT2D eigenvalue weighted by molar-refractivity contribution is 6.17. The predicted molar refractivity (Wildman–Crippen MR) is 87.5 cm³/mol. The van der Waals surface area contributed by atoms with E-state index in [2.05, 4.69) is 19.1 Å². The van der Waals surface area contributed by atoms with E-state index in [1.165, 1.54) is 0 Å². The molecule has 0 amide bonds. The maximum Gasteiger partial charge on any atom is 0.0803 e. The fraction of sp³-hybridized carbons (Fsp3) is 0.625. The van der Waals surface area contributed by atoms with Gasteiger partial charge in [0.2, 0.25) is 0 Å². The smallest absolute Gasteiger partial charge is 0.0639 e. The Bertz CT molecular complexity index is 433. The minimum Gasteiger partial charge on any atom is -0.0639 e. The molecule has 0 atom stereocenters. The molecule has 19 heavy (non-hydrogen) atoms. The lowest BCUT2D eigenvalue weighted by atomic mass is 9.58. The fourth-order valence-corrected chi connectivity index (χ4v) is 2.42. The molecule has 0 aromatic heterocycles. The highest BCUT2D eigenvalue weighted by Crippen LogP contribution is 2.35. The van der Waals surface area contributed by atoms with Crippen molar-refractivity contribution in [3.8, 4) is 0 Å². The standard InChI is InChI=1S/C16H23B3/c1-10-12(15(4,5)18)8-11(14(2,3)17)9-13(10)16(6,7)19/h8-9H,1-7H3. The van der Waals surface area contributed by atoms with Crippen LogP contribution in [0.5, 0.6) is 0 Å². The van der Waals surface area contributed by atoms with E-state index in [0.29, 0.717) is 0 Å². The molecule has 0 spiro atoms. The lowest BCUT2D eigenvalue weighted by molar-refractivity contribution is 0.699. The molecule has 96 valence electrons. The predicted octanol–water partition coefficient (Wildman–Crippen LogP) is 3.21. The first-order chi connectivity index (χ1) is 8.24. The molecule has 1 rings (SSSR count). The molecule has 3 heteroatoms. The minimum absolute atomic E-state index is 0.409. The van der Waals surface area contributed by atoms with Crippen LogP contribution in [0.25, 0.3) is 0 Å². The third-order valence-corrected chi connectivity index (χ3v) is 3.54. The molecule has 0 heterocycles. The van der Waals surface area contributed by atoms with Crippen LogP contribution in [-0.4, -0.2) is 23.5 Å². The Balaban J connectivity index is 3.68. The van der Waals surface area contributed by atoms with Gasteiger partial charge in [-0.25, -0.2) is 0 Å². The zero-order valence-electron chi connectivity index (χ0n) is 13.4. The Morgan fingerprint density at radius 2 is 1.00 bits per heavy atom. The van der Waals surface area contributed by atoms with Gasteiger partial charge in [0, 0.05) is 0 Å². The third-order valence-electron chi connectivity index (χ3n) is 3.54. The Kier molecular flexibility index (Phi) is 4.12. The summed E-state index contributed by atoms with van der Waals surface area (Å²) in [5, 5.41) is -1.23. The van der Waals surface area contributed by atoms with Crippen LogP contribution in [0.1, 0.15) is 63.8 Å². The second-order valence-electron chi connectivity index (χ2n) is 7.36. The van der Waals surface area contributed by atoms with E-state index in [9.17, 15) is 0 Å². The maximum absolute atomic E-state index is 6.30. The number of benzene rings is 1. The summed E-state index contributed by atoms with van der Waals surface area (Å²) in [4.78, 5) is 0. The first kappa shape index (κ1) is 16.5. The van der Waals surface area contributed by atoms with Gasteiger partial charge in [-0.05, 0) is 39.6 Å². The Morgan fingerprint density at radius 3 is 1.21 bits per heavy atom. The highest BCUT2D eigenvalue weighted by Gasteiger charge is 2.26. The van der Waals surface area contributed by atoms with Gasteiger partial charge in [-0.3, -0.25) is 0 Å². The summed E-state index contributed by atoms with van der Waals surface area (Å²) in [6, 6.07) is 4.23. The summed E-state index contributed by atoms with van der Waals surface area (Å²) in [5.74, 6) is 0. The SMILES string of the molecule is [B]C(C)(C)c1cc(C([B])(C)C)c(C)c(C([B])(C)C)c1. The lowest BCUT2D eigenvalue weighted by Gasteiger charge is -2.33. The van der Waals surface area contributed by atoms with Crippen LogP contribution in [0.4, 0.5) is 0 Å². The van der Waals surface area contributed by atoms with E-state index in [1.54, 1.807) is 0 Å². The number of hydrogen-bond acceptors (Lipinski definition) is 0. The third kappa shape index (κ3) is 3.71. The van der Waals surface area contributed by atoms with Gasteiger partial charge in [0.1, 0.15) is 0 Å². The van der Waals surface area contributed by atoms with Gasteiger partial charge in [0.25, 0.3) is 0 Å². The topological polar surface area (TPSA) is 0 Å². The van der Waals surface area contributed by atoms with E-state index in [4.69, 9.17) is 23.5 Å². The second-order valence-corrected chi connectivity index (χ2v) is 7.36. The van der Waals surface area contributed by atoms with Gasteiger partial charge in [-0.1, -0.05) is 59.2 Å². The molecule has 0 unspecified atom stereocenters. The molecule has 0 aliphatic carbocycles. The van der Waals surface area contributed by atoms with Gasteiger partial charge < -0.3 is 0 Å². The summed E-state index contributed by atoms with van der Waals surface area (Å²) in [6.45, 7) is 14.1. The van der Waals surface area contributed by atoms with Crippen molar-refractivity contribution in [1.29, 1.82) is 0 Å². The quantitative estimate of drug-likeness (QED) is 0.720. The van der Waals surface area contributed by atoms with Crippen LogP contribution in [0, 0.1) is 6.92 Å². The molecule has 0 aliphatic heterocycles. The van der Waals surface area contributed by atoms with E-state index in [1.807, 2.05) is 41.5 Å². The first-order valence-corrected chi connectivity index (χ1v) is 6.77. The molecule has 0 bridgehead atoms. The van der Waals surface area contributed by atoms with Crippen LogP contribution in [0.2, 0.25) is 0 Å². The molecule has 0 N–H and O–H groups in total. The Hall–Kier alpha value is -0.585. The molecule has 0 fully saturated rings. The highest BCUT2D eigenvalue weighted by atomic mass is 14.3. The van der Waals surface area contributed by atoms with Gasteiger partial charge in [-0.15, -0.1) is 0 Å². The molecule has 1 aromatic carbocycles. The summed E-state index contributed by atoms with van der Waals surface area (Å²) in [7, 11) is 18.9. The van der Waals surface area contributed by atoms with Gasteiger partial charge in [0.05, 0.1) is 23.5 Å². The van der Waals surface area contributed by atoms with E-state index < -0.39 is 15.9 Å². The van der Waals surface area contributed by atoms with Gasteiger partial charge in [-0.2, -0.15) is 0 Å². The number of hydrogen-bond donors (Lipinski definition) is 0. The van der Waals surface area contributed by atoms with Crippen molar-refractivity contribution in [2.45, 2.75) is 64.4 Å². The minimum atomic E-state index is -0.411. The van der Waals surface area contributed by atoms with Gasteiger partial charge >= 0.3 is 0 Å². The molecule has 6 radical (unpaired) electrons. The van der Waals surface area contributed by atoms with Gasteiger partial charge in [0.15, 0.2) is 0 Å². The average molecular weight is 248 g/mol. The molecule has 0 nitrogen and oxygen atoms in total. The maximum atomic E-state index is 6.30. The monoisotopic (exact) mass is 248 g/mol. The number of rotatable bonds is 3. The van der Waals surface area contributed by atoms with E-state index in [-0.39, 0.29) is 0 Å². The van der Waals surface area contributed by atoms with Crippen molar-refractivity contribution in [3.05, 3.63) is 34.4 Å². The van der Waals surface area contributed by atoms with Crippen LogP contribution >= 0.6 is 0 Å². The first-order valence-electron chi connectivity index (χ1n) is 6.77. The fourth-order valence-electron chi connectivity index (χ4n) is 2.42. The normalized spacial score (nSPS) is 13.6. The molecule has 1 aromatic rings. The van der Waals surface area contributed by atoms with Crippen molar-refractivity contribution in [2.75, 3.05) is 0 Å². The van der Waals surface area contributed by atoms with Crippen LogP contribution in [0.15, 0.2) is 12.1 Å². The Labute approximate surface area is 123 Å². The zero-order valence-corrected chi connectivity index (χ0v) is 13.4. The van der Waals surface area contributed by atoms with Crippen molar-refractivity contribution < 1.29 is 0 Å². The Morgan fingerprint density at radius 1 is 0.684 bits per heavy atom. The van der Waals surface area contributed by atoms with Crippen molar-refractivity contribution >= 4 is 23.5 Å². The van der Waals surface area contributed by atoms with Crippen molar-refractivity contribution in [3.63, 3.8) is 0 Å². The summed E-state index contributed by atoms with van der Waals surface area (Å²) < 4.78 is 0. The van der Waals surface area contributed by atoms with Crippen LogP contribution < -0.4 is 0 Å². The summed E-state index contributed by atoms with van der Waals surface area (Å²) in [6.07, 6.45) is 0. The molecular formula is C16H23B3. The average Bonchev–Trinajstić information content (AvgIpc) is 2.11. The molecule has 0 saturated carbocycles. The van der Waals surface area contributed by atoms with Crippen LogP contribution in [0.3, 0.4) is 0 Å². The zero-order chi connectivity index (χ0) is 15.2. The second kappa shape index (κ2) is 4.75. The molecular weight excluding hydrogens is 225 g/mol. The van der Waals surface area contributed by atoms with Crippen molar-refractivity contribution in [2.24, 2.45) is 0 Å². The lowest BCUT2D eigenvalue weighted by Crippen LogP contribution is -2.27. The molecule has 0 saturated heterocycles. The van der Waals surface area contributed by atoms with Crippen molar-refractivity contribution in [1.82, 2.24) is 0 Å². The largest absolute Gasteiger partial charge is 0.0803 e. The molecule has 0 aliphatic rings. The summed E-state index contributed by atoms with van der Waals surface area (Å²) >= 11 is 0. The van der Waals surface area contributed by atoms with E-state index in [0.717, 1.165) is 22.3 Å².